The second-order valence-corrected chi connectivity index (χ2v) is 3.08. The molecule has 1 aromatic rings. The minimum atomic E-state index is -0.114. The molecule has 0 bridgehead atoms. The predicted molar refractivity (Wildman–Crippen MR) is 50.6 cm³/mol. The normalized spacial score (nSPS) is 9.50. The summed E-state index contributed by atoms with van der Waals surface area (Å²) in [5.41, 5.74) is 0.530. The van der Waals surface area contributed by atoms with Crippen LogP contribution in [0.3, 0.4) is 0 Å². The van der Waals surface area contributed by atoms with Gasteiger partial charge >= 0.3 is 0 Å². The van der Waals surface area contributed by atoms with E-state index in [1.807, 2.05) is 6.07 Å². The molecular weight excluding hydrogens is 180 g/mol. The van der Waals surface area contributed by atoms with Crippen molar-refractivity contribution in [2.24, 2.45) is 0 Å². The molecule has 0 unspecified atom stereocenters. The quantitative estimate of drug-likeness (QED) is 0.730. The highest BCUT2D eigenvalue weighted by Crippen LogP contribution is 2.08. The Kier molecular flexibility index (Phi) is 3.29. The first kappa shape index (κ1) is 10.3. The molecule has 0 aliphatic heterocycles. The van der Waals surface area contributed by atoms with Crippen molar-refractivity contribution in [1.82, 2.24) is 4.90 Å². The summed E-state index contributed by atoms with van der Waals surface area (Å²) in [5, 5.41) is 8.37. The lowest BCUT2D eigenvalue weighted by Crippen LogP contribution is -2.27. The summed E-state index contributed by atoms with van der Waals surface area (Å²) in [7, 11) is 1.67. The number of furan rings is 1. The summed E-state index contributed by atoms with van der Waals surface area (Å²) in [5.74, 6) is 0.596. The Balaban J connectivity index is 2.62. The van der Waals surface area contributed by atoms with Gasteiger partial charge in [0, 0.05) is 13.6 Å². The molecular formula is C10H12N2O2. The number of aryl methyl sites for hydroxylation is 1. The standard InChI is InChI=1S/C10H12N2O2/c1-8-6-9(7-14-8)10(13)12(2)5-3-4-11/h6-7H,3,5H2,1-2H3. The van der Waals surface area contributed by atoms with E-state index < -0.39 is 0 Å². The summed E-state index contributed by atoms with van der Waals surface area (Å²) >= 11 is 0. The second-order valence-electron chi connectivity index (χ2n) is 3.08. The highest BCUT2D eigenvalue weighted by atomic mass is 16.3. The van der Waals surface area contributed by atoms with Crippen LogP contribution in [0.1, 0.15) is 22.5 Å². The maximum absolute atomic E-state index is 11.6. The van der Waals surface area contributed by atoms with Crippen LogP contribution in [0.5, 0.6) is 0 Å². The molecule has 0 aliphatic carbocycles. The number of carbonyl (C=O) groups is 1. The highest BCUT2D eigenvalue weighted by molar-refractivity contribution is 5.93. The average Bonchev–Trinajstić information content (AvgIpc) is 2.60. The molecule has 0 radical (unpaired) electrons. The first-order valence-electron chi connectivity index (χ1n) is 4.32. The Morgan fingerprint density at radius 1 is 1.71 bits per heavy atom. The van der Waals surface area contributed by atoms with Crippen molar-refractivity contribution in [2.75, 3.05) is 13.6 Å². The monoisotopic (exact) mass is 192 g/mol. The molecule has 0 aliphatic rings. The maximum atomic E-state index is 11.6. The van der Waals surface area contributed by atoms with Gasteiger partial charge in [-0.15, -0.1) is 0 Å². The summed E-state index contributed by atoms with van der Waals surface area (Å²) in [6.07, 6.45) is 1.78. The maximum Gasteiger partial charge on any atom is 0.256 e. The topological polar surface area (TPSA) is 57.2 Å². The van der Waals surface area contributed by atoms with E-state index >= 15 is 0 Å². The fourth-order valence-electron chi connectivity index (χ4n) is 1.10. The molecule has 0 fully saturated rings. The Labute approximate surface area is 82.7 Å². The number of carbonyl (C=O) groups excluding carboxylic acids is 1. The van der Waals surface area contributed by atoms with Crippen LogP contribution >= 0.6 is 0 Å². The van der Waals surface area contributed by atoms with Gasteiger partial charge in [-0.25, -0.2) is 0 Å². The summed E-state index contributed by atoms with van der Waals surface area (Å²) in [6, 6.07) is 3.68. The Morgan fingerprint density at radius 2 is 2.43 bits per heavy atom. The largest absolute Gasteiger partial charge is 0.469 e. The van der Waals surface area contributed by atoms with Crippen LogP contribution in [0.2, 0.25) is 0 Å². The van der Waals surface area contributed by atoms with Crippen LogP contribution in [0.4, 0.5) is 0 Å². The van der Waals surface area contributed by atoms with Gasteiger partial charge in [-0.3, -0.25) is 4.79 Å². The van der Waals surface area contributed by atoms with Crippen LogP contribution in [0.25, 0.3) is 0 Å². The van der Waals surface area contributed by atoms with E-state index in [1.54, 1.807) is 20.0 Å². The third kappa shape index (κ3) is 2.36. The van der Waals surface area contributed by atoms with Crippen molar-refractivity contribution < 1.29 is 9.21 Å². The van der Waals surface area contributed by atoms with Crippen molar-refractivity contribution in [3.05, 3.63) is 23.7 Å². The minimum Gasteiger partial charge on any atom is -0.469 e. The van der Waals surface area contributed by atoms with E-state index in [1.165, 1.54) is 11.2 Å². The third-order valence-corrected chi connectivity index (χ3v) is 1.88. The van der Waals surface area contributed by atoms with Crippen LogP contribution in [0, 0.1) is 18.3 Å². The summed E-state index contributed by atoms with van der Waals surface area (Å²) in [4.78, 5) is 13.1. The van der Waals surface area contributed by atoms with Crippen LogP contribution in [-0.4, -0.2) is 24.4 Å². The van der Waals surface area contributed by atoms with Gasteiger partial charge in [0.2, 0.25) is 0 Å². The number of rotatable bonds is 3. The van der Waals surface area contributed by atoms with Gasteiger partial charge in [0.1, 0.15) is 12.0 Å². The first-order chi connectivity index (χ1) is 6.65. The molecule has 4 heteroatoms. The SMILES string of the molecule is Cc1cc(C(=O)N(C)CCC#N)co1. The van der Waals surface area contributed by atoms with Crippen molar-refractivity contribution in [3.8, 4) is 6.07 Å². The molecule has 0 N–H and O–H groups in total. The van der Waals surface area contributed by atoms with Crippen LogP contribution < -0.4 is 0 Å². The van der Waals surface area contributed by atoms with Crippen molar-refractivity contribution >= 4 is 5.91 Å². The molecule has 74 valence electrons. The van der Waals surface area contributed by atoms with Gasteiger partial charge in [0.25, 0.3) is 5.91 Å². The second kappa shape index (κ2) is 4.47. The van der Waals surface area contributed by atoms with E-state index in [2.05, 4.69) is 0 Å². The van der Waals surface area contributed by atoms with E-state index in [4.69, 9.17) is 9.68 Å². The molecule has 0 saturated carbocycles. The molecule has 1 amide bonds. The van der Waals surface area contributed by atoms with Gasteiger partial charge in [-0.05, 0) is 13.0 Å². The Morgan fingerprint density at radius 3 is 2.93 bits per heavy atom. The molecule has 0 aromatic carbocycles. The molecule has 14 heavy (non-hydrogen) atoms. The van der Waals surface area contributed by atoms with Gasteiger partial charge in [-0.1, -0.05) is 0 Å². The fourth-order valence-corrected chi connectivity index (χ4v) is 1.10. The molecule has 4 nitrogen and oxygen atoms in total. The zero-order chi connectivity index (χ0) is 10.6. The van der Waals surface area contributed by atoms with E-state index in [-0.39, 0.29) is 5.91 Å². The molecule has 1 heterocycles. The van der Waals surface area contributed by atoms with Crippen molar-refractivity contribution in [2.45, 2.75) is 13.3 Å². The van der Waals surface area contributed by atoms with E-state index in [9.17, 15) is 4.79 Å². The van der Waals surface area contributed by atoms with Gasteiger partial charge < -0.3 is 9.32 Å². The lowest BCUT2D eigenvalue weighted by molar-refractivity contribution is 0.0797. The number of amides is 1. The lowest BCUT2D eigenvalue weighted by Gasteiger charge is -2.13. The Bertz CT molecular complexity index is 362. The number of hydrogen-bond acceptors (Lipinski definition) is 3. The van der Waals surface area contributed by atoms with Crippen LogP contribution in [-0.2, 0) is 0 Å². The zero-order valence-corrected chi connectivity index (χ0v) is 8.28. The minimum absolute atomic E-state index is 0.114. The average molecular weight is 192 g/mol. The molecule has 0 spiro atoms. The zero-order valence-electron chi connectivity index (χ0n) is 8.28. The summed E-state index contributed by atoms with van der Waals surface area (Å²) in [6.45, 7) is 2.23. The first-order valence-corrected chi connectivity index (χ1v) is 4.32. The Hall–Kier alpha value is -1.76. The van der Waals surface area contributed by atoms with Crippen molar-refractivity contribution in [3.63, 3.8) is 0 Å². The molecule has 1 aromatic heterocycles. The highest BCUT2D eigenvalue weighted by Gasteiger charge is 2.12. The third-order valence-electron chi connectivity index (χ3n) is 1.88. The van der Waals surface area contributed by atoms with E-state index in [0.29, 0.717) is 24.3 Å². The fraction of sp³-hybridized carbons (Fsp3) is 0.400. The van der Waals surface area contributed by atoms with Crippen molar-refractivity contribution in [1.29, 1.82) is 5.26 Å². The lowest BCUT2D eigenvalue weighted by atomic mass is 10.2. The molecule has 0 saturated heterocycles. The van der Waals surface area contributed by atoms with Gasteiger partial charge in [0.05, 0.1) is 18.1 Å². The van der Waals surface area contributed by atoms with Gasteiger partial charge in [0.15, 0.2) is 0 Å². The predicted octanol–water partition coefficient (Wildman–Crippen LogP) is 1.57. The number of nitrogens with zero attached hydrogens (tertiary/aromatic N) is 2. The summed E-state index contributed by atoms with van der Waals surface area (Å²) < 4.78 is 5.03. The molecule has 1 rings (SSSR count). The van der Waals surface area contributed by atoms with Gasteiger partial charge in [-0.2, -0.15) is 5.26 Å². The number of nitriles is 1. The van der Waals surface area contributed by atoms with E-state index in [0.717, 1.165) is 0 Å². The smallest absolute Gasteiger partial charge is 0.256 e. The van der Waals surface area contributed by atoms with Crippen LogP contribution in [0.15, 0.2) is 16.7 Å². The molecule has 0 atom stereocenters. The number of hydrogen-bond donors (Lipinski definition) is 0.